The van der Waals surface area contributed by atoms with Crippen LogP contribution >= 0.6 is 0 Å². The second kappa shape index (κ2) is 8.63. The second-order valence-electron chi connectivity index (χ2n) is 6.10. The number of hydrogen-bond donors (Lipinski definition) is 2. The summed E-state index contributed by atoms with van der Waals surface area (Å²) < 4.78 is 0. The van der Waals surface area contributed by atoms with Crippen molar-refractivity contribution in [2.45, 2.75) is 6.92 Å². The van der Waals surface area contributed by atoms with Gasteiger partial charge in [0.15, 0.2) is 5.78 Å². The van der Waals surface area contributed by atoms with E-state index >= 15 is 0 Å². The van der Waals surface area contributed by atoms with Crippen LogP contribution < -0.4 is 10.6 Å². The highest BCUT2D eigenvalue weighted by Gasteiger charge is 2.10. The first-order chi connectivity index (χ1) is 13.1. The Kier molecular flexibility index (Phi) is 5.80. The molecule has 0 saturated carbocycles. The molecular formula is C23H20N2O2. The zero-order valence-corrected chi connectivity index (χ0v) is 15.0. The fraction of sp³-hybridized carbons (Fsp3) is 0.0435. The molecular weight excluding hydrogens is 336 g/mol. The fourth-order valence-corrected chi connectivity index (χ4v) is 2.50. The first-order valence-corrected chi connectivity index (χ1v) is 8.63. The number of aryl methyl sites for hydroxylation is 1. The molecule has 0 heterocycles. The summed E-state index contributed by atoms with van der Waals surface area (Å²) in [4.78, 5) is 25.1. The average Bonchev–Trinajstić information content (AvgIpc) is 2.71. The minimum Gasteiger partial charge on any atom is -0.342 e. The lowest BCUT2D eigenvalue weighted by Gasteiger charge is -2.13. The normalized spacial score (nSPS) is 10.9. The van der Waals surface area contributed by atoms with Crippen LogP contribution in [0.3, 0.4) is 0 Å². The zero-order chi connectivity index (χ0) is 19.1. The minimum absolute atomic E-state index is 0.196. The van der Waals surface area contributed by atoms with E-state index in [0.717, 1.165) is 11.3 Å². The summed E-state index contributed by atoms with van der Waals surface area (Å²) in [6, 6.07) is 25.5. The molecule has 0 radical (unpaired) electrons. The van der Waals surface area contributed by atoms with Crippen molar-refractivity contribution in [2.75, 3.05) is 5.32 Å². The number of rotatable bonds is 6. The molecule has 0 aromatic heterocycles. The van der Waals surface area contributed by atoms with Crippen LogP contribution in [0.15, 0.2) is 96.8 Å². The van der Waals surface area contributed by atoms with Gasteiger partial charge < -0.3 is 10.6 Å². The topological polar surface area (TPSA) is 58.2 Å². The van der Waals surface area contributed by atoms with Crippen LogP contribution in [-0.2, 0) is 0 Å². The first-order valence-electron chi connectivity index (χ1n) is 8.63. The number of nitrogens with one attached hydrogen (secondary N) is 2. The van der Waals surface area contributed by atoms with E-state index in [0.29, 0.717) is 16.9 Å². The molecule has 4 nitrogen and oxygen atoms in total. The number of benzene rings is 3. The van der Waals surface area contributed by atoms with Gasteiger partial charge in [-0.15, -0.1) is 0 Å². The number of ketones is 1. The van der Waals surface area contributed by atoms with Crippen LogP contribution in [0.25, 0.3) is 0 Å². The van der Waals surface area contributed by atoms with Gasteiger partial charge in [0.05, 0.1) is 0 Å². The van der Waals surface area contributed by atoms with E-state index in [1.807, 2.05) is 43.3 Å². The average molecular weight is 356 g/mol. The molecule has 0 aliphatic carbocycles. The van der Waals surface area contributed by atoms with Gasteiger partial charge in [0, 0.05) is 22.9 Å². The minimum atomic E-state index is -0.290. The van der Waals surface area contributed by atoms with E-state index in [4.69, 9.17) is 0 Å². The number of carbonyl (C=O) groups is 2. The van der Waals surface area contributed by atoms with Gasteiger partial charge >= 0.3 is 0 Å². The lowest BCUT2D eigenvalue weighted by molar-refractivity contribution is 0.0966. The van der Waals surface area contributed by atoms with Gasteiger partial charge in [0.1, 0.15) is 5.82 Å². The Bertz CT molecular complexity index is 947. The van der Waals surface area contributed by atoms with E-state index < -0.39 is 0 Å². The van der Waals surface area contributed by atoms with Crippen molar-refractivity contribution in [2.24, 2.45) is 0 Å². The van der Waals surface area contributed by atoms with E-state index in [9.17, 15) is 9.59 Å². The Morgan fingerprint density at radius 2 is 1.30 bits per heavy atom. The smallest absolute Gasteiger partial charge is 0.256 e. The molecule has 3 aromatic carbocycles. The van der Waals surface area contributed by atoms with E-state index in [2.05, 4.69) is 10.6 Å². The van der Waals surface area contributed by atoms with Crippen LogP contribution in [0.2, 0.25) is 0 Å². The van der Waals surface area contributed by atoms with E-state index in [1.165, 1.54) is 6.08 Å². The Morgan fingerprint density at radius 1 is 0.741 bits per heavy atom. The quantitative estimate of drug-likeness (QED) is 0.503. The highest BCUT2D eigenvalue weighted by molar-refractivity contribution is 6.06. The third-order valence-electron chi connectivity index (χ3n) is 3.95. The number of amides is 1. The van der Waals surface area contributed by atoms with Gasteiger partial charge in [-0.2, -0.15) is 0 Å². The van der Waals surface area contributed by atoms with Crippen molar-refractivity contribution in [1.82, 2.24) is 5.32 Å². The van der Waals surface area contributed by atoms with Crippen LogP contribution in [0.4, 0.5) is 5.69 Å². The van der Waals surface area contributed by atoms with Gasteiger partial charge in [-0.1, -0.05) is 66.2 Å². The lowest BCUT2D eigenvalue weighted by atomic mass is 10.1. The van der Waals surface area contributed by atoms with Crippen LogP contribution in [0.1, 0.15) is 26.3 Å². The molecule has 0 aliphatic heterocycles. The van der Waals surface area contributed by atoms with E-state index in [-0.39, 0.29) is 11.7 Å². The second-order valence-corrected chi connectivity index (χ2v) is 6.10. The highest BCUT2D eigenvalue weighted by Crippen LogP contribution is 2.12. The molecule has 0 spiro atoms. The molecule has 3 aromatic rings. The zero-order valence-electron chi connectivity index (χ0n) is 15.0. The molecule has 2 N–H and O–H groups in total. The molecule has 0 fully saturated rings. The summed E-state index contributed by atoms with van der Waals surface area (Å²) >= 11 is 0. The molecule has 134 valence electrons. The Balaban J connectivity index is 1.85. The fourth-order valence-electron chi connectivity index (χ4n) is 2.50. The molecule has 3 rings (SSSR count). The number of hydrogen-bond acceptors (Lipinski definition) is 3. The van der Waals surface area contributed by atoms with E-state index in [1.54, 1.807) is 48.5 Å². The Hall–Kier alpha value is -3.66. The van der Waals surface area contributed by atoms with Crippen molar-refractivity contribution in [3.05, 3.63) is 114 Å². The number of anilines is 1. The summed E-state index contributed by atoms with van der Waals surface area (Å²) in [6.45, 7) is 2.00. The summed E-state index contributed by atoms with van der Waals surface area (Å²) in [5.74, 6) is -0.164. The summed E-state index contributed by atoms with van der Waals surface area (Å²) in [7, 11) is 0. The molecule has 27 heavy (non-hydrogen) atoms. The molecule has 0 unspecified atom stereocenters. The lowest BCUT2D eigenvalue weighted by Crippen LogP contribution is -2.27. The molecule has 1 amide bonds. The van der Waals surface area contributed by atoms with Gasteiger partial charge in [-0.25, -0.2) is 0 Å². The van der Waals surface area contributed by atoms with Crippen LogP contribution in [0.5, 0.6) is 0 Å². The summed E-state index contributed by atoms with van der Waals surface area (Å²) in [5.41, 5.74) is 2.97. The number of carbonyl (C=O) groups excluding carboxylic acids is 2. The monoisotopic (exact) mass is 356 g/mol. The Morgan fingerprint density at radius 3 is 1.89 bits per heavy atom. The third-order valence-corrected chi connectivity index (χ3v) is 3.95. The maximum Gasteiger partial charge on any atom is 0.256 e. The van der Waals surface area contributed by atoms with Crippen molar-refractivity contribution < 1.29 is 9.59 Å². The Labute approximate surface area is 158 Å². The molecule has 0 saturated heterocycles. The standard InChI is InChI=1S/C23H20N2O2/c1-17-12-14-20(15-13-17)24-22(16-21(26)18-8-4-2-5-9-18)25-23(27)19-10-6-3-7-11-19/h2-16,24H,1H3,(H,25,27)/b22-16+. The number of allylic oxidation sites excluding steroid dienone is 1. The van der Waals surface area contributed by atoms with Gasteiger partial charge in [-0.05, 0) is 31.2 Å². The maximum absolute atomic E-state index is 12.5. The summed E-state index contributed by atoms with van der Waals surface area (Å²) in [5, 5.41) is 5.90. The molecule has 0 atom stereocenters. The maximum atomic E-state index is 12.5. The highest BCUT2D eigenvalue weighted by atomic mass is 16.2. The van der Waals surface area contributed by atoms with Crippen LogP contribution in [0, 0.1) is 6.92 Å². The van der Waals surface area contributed by atoms with Crippen molar-refractivity contribution in [1.29, 1.82) is 0 Å². The van der Waals surface area contributed by atoms with Gasteiger partial charge in [0.2, 0.25) is 0 Å². The van der Waals surface area contributed by atoms with Crippen molar-refractivity contribution >= 4 is 17.4 Å². The molecule has 0 aliphatic rings. The SMILES string of the molecule is Cc1ccc(N/C(=C\C(=O)c2ccccc2)NC(=O)c2ccccc2)cc1. The van der Waals surface area contributed by atoms with Crippen molar-refractivity contribution in [3.8, 4) is 0 Å². The predicted molar refractivity (Wildman–Crippen MR) is 108 cm³/mol. The predicted octanol–water partition coefficient (Wildman–Crippen LogP) is 4.56. The van der Waals surface area contributed by atoms with Gasteiger partial charge in [0.25, 0.3) is 5.91 Å². The molecule has 0 bridgehead atoms. The molecule has 4 heteroatoms. The largest absolute Gasteiger partial charge is 0.342 e. The van der Waals surface area contributed by atoms with Crippen LogP contribution in [-0.4, -0.2) is 11.7 Å². The summed E-state index contributed by atoms with van der Waals surface area (Å²) in [6.07, 6.45) is 1.40. The third kappa shape index (κ3) is 5.16. The first kappa shape index (κ1) is 18.1. The van der Waals surface area contributed by atoms with Gasteiger partial charge in [-0.3, -0.25) is 9.59 Å². The van der Waals surface area contributed by atoms with Crippen molar-refractivity contribution in [3.63, 3.8) is 0 Å².